The van der Waals surface area contributed by atoms with Gasteiger partial charge in [-0.2, -0.15) is 0 Å². The van der Waals surface area contributed by atoms with Gasteiger partial charge in [0.05, 0.1) is 30.4 Å². The molecule has 6 aromatic rings. The van der Waals surface area contributed by atoms with Gasteiger partial charge < -0.3 is 29.5 Å². The van der Waals surface area contributed by atoms with Gasteiger partial charge in [-0.15, -0.1) is 10.2 Å². The zero-order chi connectivity index (χ0) is 32.2. The molecule has 12 nitrogen and oxygen atoms in total. The second-order valence-electron chi connectivity index (χ2n) is 12.7. The number of amidine groups is 1. The summed E-state index contributed by atoms with van der Waals surface area (Å²) in [4.78, 5) is 11.7. The molecule has 4 N–H and O–H groups in total. The molecule has 5 heterocycles. The molecule has 1 fully saturated rings. The summed E-state index contributed by atoms with van der Waals surface area (Å²) in [5, 5.41) is 22.8. The Hall–Kier alpha value is -5.23. The predicted molar refractivity (Wildman–Crippen MR) is 184 cm³/mol. The van der Waals surface area contributed by atoms with Crippen LogP contribution in [0.3, 0.4) is 0 Å². The van der Waals surface area contributed by atoms with Crippen LogP contribution in [0.2, 0.25) is 0 Å². The largest absolute Gasteiger partial charge is 0.495 e. The minimum Gasteiger partial charge on any atom is -0.495 e. The van der Waals surface area contributed by atoms with Gasteiger partial charge in [0.25, 0.3) is 0 Å². The maximum atomic E-state index is 8.86. The van der Waals surface area contributed by atoms with Crippen molar-refractivity contribution in [3.63, 3.8) is 0 Å². The molecule has 0 spiro atoms. The Bertz CT molecular complexity index is 2130. The summed E-state index contributed by atoms with van der Waals surface area (Å²) in [6.45, 7) is 4.89. The number of methoxy groups -OCH3 is 1. The lowest BCUT2D eigenvalue weighted by Crippen LogP contribution is -2.43. The van der Waals surface area contributed by atoms with Crippen molar-refractivity contribution >= 4 is 39.3 Å². The number of hydrogen-bond donors (Lipinski definition) is 3. The number of ether oxygens (including phenoxy) is 1. The van der Waals surface area contributed by atoms with E-state index in [1.807, 2.05) is 54.9 Å². The molecular formula is C35H39N11O. The molecule has 12 heteroatoms. The third-order valence-corrected chi connectivity index (χ3v) is 10.2. The smallest absolute Gasteiger partial charge is 0.147 e. The molecule has 0 amide bonds. The SMILES string of the molecule is COc1cc(-c2cn([C@H]3CC[C@@H](N4CCn5c(C)nnc5C4)CC3)c3ncnc(N)c23)ccc1NC(=N)c1cc2ccccc2n1C. The highest BCUT2D eigenvalue weighted by Crippen LogP contribution is 2.41. The Labute approximate surface area is 272 Å². The number of nitrogen functional groups attached to an aromatic ring is 1. The minimum absolute atomic E-state index is 0.293. The highest BCUT2D eigenvalue weighted by atomic mass is 16.5. The van der Waals surface area contributed by atoms with Crippen LogP contribution in [-0.2, 0) is 20.1 Å². The lowest BCUT2D eigenvalue weighted by molar-refractivity contribution is 0.107. The third-order valence-electron chi connectivity index (χ3n) is 10.2. The van der Waals surface area contributed by atoms with Gasteiger partial charge in [-0.05, 0) is 62.4 Å². The number of hydrogen-bond acceptors (Lipinski definition) is 8. The highest BCUT2D eigenvalue weighted by molar-refractivity contribution is 6.09. The number of aryl methyl sites for hydroxylation is 2. The first-order valence-corrected chi connectivity index (χ1v) is 16.2. The number of aromatic nitrogens is 7. The fraction of sp³-hybridized carbons (Fsp3) is 0.343. The topological polar surface area (TPSA) is 141 Å². The zero-order valence-corrected chi connectivity index (χ0v) is 26.9. The number of nitrogens with one attached hydrogen (secondary N) is 2. The summed E-state index contributed by atoms with van der Waals surface area (Å²) in [6.07, 6.45) is 8.09. The summed E-state index contributed by atoms with van der Waals surface area (Å²) in [5.41, 5.74) is 11.9. The molecule has 0 saturated heterocycles. The van der Waals surface area contributed by atoms with Crippen LogP contribution < -0.4 is 15.8 Å². The Morgan fingerprint density at radius 2 is 1.81 bits per heavy atom. The molecule has 0 bridgehead atoms. The van der Waals surface area contributed by atoms with Crippen LogP contribution in [0.1, 0.15) is 49.1 Å². The maximum Gasteiger partial charge on any atom is 0.147 e. The van der Waals surface area contributed by atoms with Crippen molar-refractivity contribution in [2.45, 2.75) is 57.8 Å². The van der Waals surface area contributed by atoms with Crippen LogP contribution in [0, 0.1) is 12.3 Å². The van der Waals surface area contributed by atoms with Gasteiger partial charge >= 0.3 is 0 Å². The average molecular weight is 630 g/mol. The normalized spacial score (nSPS) is 18.4. The molecule has 0 radical (unpaired) electrons. The fourth-order valence-electron chi connectivity index (χ4n) is 7.63. The van der Waals surface area contributed by atoms with Crippen LogP contribution in [0.5, 0.6) is 5.75 Å². The van der Waals surface area contributed by atoms with Gasteiger partial charge in [0.15, 0.2) is 0 Å². The van der Waals surface area contributed by atoms with Crippen LogP contribution in [0.4, 0.5) is 11.5 Å². The first-order chi connectivity index (χ1) is 22.9. The monoisotopic (exact) mass is 629 g/mol. The second kappa shape index (κ2) is 11.5. The Balaban J connectivity index is 1.05. The van der Waals surface area contributed by atoms with Crippen LogP contribution in [-0.4, -0.2) is 64.3 Å². The van der Waals surface area contributed by atoms with E-state index >= 15 is 0 Å². The average Bonchev–Trinajstić information content (AvgIpc) is 3.78. The number of para-hydroxylation sites is 1. The Morgan fingerprint density at radius 3 is 2.62 bits per heavy atom. The summed E-state index contributed by atoms with van der Waals surface area (Å²) >= 11 is 0. The molecule has 47 heavy (non-hydrogen) atoms. The van der Waals surface area contributed by atoms with Gasteiger partial charge in [0.1, 0.15) is 41.0 Å². The molecule has 1 aliphatic carbocycles. The van der Waals surface area contributed by atoms with E-state index in [-0.39, 0.29) is 0 Å². The second-order valence-corrected chi connectivity index (χ2v) is 12.7. The van der Waals surface area contributed by atoms with Crippen molar-refractivity contribution in [2.75, 3.05) is 24.7 Å². The van der Waals surface area contributed by atoms with E-state index in [0.717, 1.165) is 95.7 Å². The van der Waals surface area contributed by atoms with E-state index in [1.54, 1.807) is 13.4 Å². The molecular weight excluding hydrogens is 590 g/mol. The minimum atomic E-state index is 0.293. The Kier molecular flexibility index (Phi) is 7.16. The van der Waals surface area contributed by atoms with Crippen molar-refractivity contribution in [1.82, 2.24) is 38.8 Å². The number of rotatable bonds is 6. The highest BCUT2D eigenvalue weighted by Gasteiger charge is 2.31. The molecule has 8 rings (SSSR count). The number of nitrogens with zero attached hydrogens (tertiary/aromatic N) is 8. The van der Waals surface area contributed by atoms with E-state index in [2.05, 4.69) is 52.9 Å². The van der Waals surface area contributed by atoms with E-state index in [1.165, 1.54) is 0 Å². The van der Waals surface area contributed by atoms with Crippen molar-refractivity contribution in [1.29, 1.82) is 5.41 Å². The maximum absolute atomic E-state index is 8.86. The van der Waals surface area contributed by atoms with E-state index in [9.17, 15) is 0 Å². The number of anilines is 2. The van der Waals surface area contributed by atoms with Crippen LogP contribution >= 0.6 is 0 Å². The molecule has 0 atom stereocenters. The molecule has 1 aliphatic heterocycles. The predicted octanol–water partition coefficient (Wildman–Crippen LogP) is 5.52. The lowest BCUT2D eigenvalue weighted by atomic mass is 9.89. The zero-order valence-electron chi connectivity index (χ0n) is 26.9. The van der Waals surface area contributed by atoms with Crippen LogP contribution in [0.25, 0.3) is 33.1 Å². The number of fused-ring (bicyclic) bond motifs is 3. The van der Waals surface area contributed by atoms with Gasteiger partial charge in [-0.1, -0.05) is 24.3 Å². The summed E-state index contributed by atoms with van der Waals surface area (Å²) in [5.74, 6) is 3.47. The fourth-order valence-corrected chi connectivity index (χ4v) is 7.63. The van der Waals surface area contributed by atoms with Gasteiger partial charge in [-0.3, -0.25) is 10.3 Å². The lowest BCUT2D eigenvalue weighted by Gasteiger charge is -2.39. The number of benzene rings is 2. The Morgan fingerprint density at radius 1 is 1.00 bits per heavy atom. The summed E-state index contributed by atoms with van der Waals surface area (Å²) < 4.78 is 12.4. The van der Waals surface area contributed by atoms with E-state index in [4.69, 9.17) is 20.9 Å². The standard InChI is InChI=1S/C35H39N11O/c1-21-41-42-31-19-44(14-15-45(21)31)24-9-11-25(12-10-24)46-18-26(32-34(37)38-20-39-35(32)46)22-8-13-27(30(17-22)47-3)40-33(36)29-16-23-6-4-5-7-28(23)43(29)2/h4-8,13,16-18,20,24-25H,9-12,14-15,19H2,1-3H3,(H2,36,40)(H2,37,38,39)/t24-,25+. The molecule has 240 valence electrons. The number of nitrogens with two attached hydrogens (primary N) is 1. The van der Waals surface area contributed by atoms with Crippen molar-refractivity contribution in [2.24, 2.45) is 7.05 Å². The molecule has 0 unspecified atom stereocenters. The quantitative estimate of drug-likeness (QED) is 0.162. The third kappa shape index (κ3) is 4.99. The van der Waals surface area contributed by atoms with E-state index in [0.29, 0.717) is 35.2 Å². The first kappa shape index (κ1) is 29.2. The van der Waals surface area contributed by atoms with Gasteiger partial charge in [-0.25, -0.2) is 9.97 Å². The van der Waals surface area contributed by atoms with Gasteiger partial charge in [0, 0.05) is 54.9 Å². The molecule has 1 saturated carbocycles. The van der Waals surface area contributed by atoms with Crippen molar-refractivity contribution in [3.05, 3.63) is 78.4 Å². The summed E-state index contributed by atoms with van der Waals surface area (Å²) in [7, 11) is 3.63. The van der Waals surface area contributed by atoms with Crippen molar-refractivity contribution in [3.8, 4) is 16.9 Å². The summed E-state index contributed by atoms with van der Waals surface area (Å²) in [6, 6.07) is 17.0. The molecule has 4 aromatic heterocycles. The molecule has 2 aromatic carbocycles. The van der Waals surface area contributed by atoms with Gasteiger partial charge in [0.2, 0.25) is 0 Å². The van der Waals surface area contributed by atoms with E-state index < -0.39 is 0 Å². The first-order valence-electron chi connectivity index (χ1n) is 16.2. The van der Waals surface area contributed by atoms with Crippen molar-refractivity contribution < 1.29 is 4.74 Å². The van der Waals surface area contributed by atoms with Crippen LogP contribution in [0.15, 0.2) is 61.1 Å². The molecule has 2 aliphatic rings.